The highest BCUT2D eigenvalue weighted by atomic mass is 16.2. The van der Waals surface area contributed by atoms with Gasteiger partial charge in [-0.3, -0.25) is 14.2 Å². The van der Waals surface area contributed by atoms with Crippen molar-refractivity contribution >= 4 is 16.9 Å². The zero-order valence-corrected chi connectivity index (χ0v) is 16.8. The minimum atomic E-state index is -0.101. The second kappa shape index (κ2) is 8.59. The van der Waals surface area contributed by atoms with Crippen LogP contribution in [0.15, 0.2) is 41.6 Å². The molecule has 0 bridgehead atoms. The van der Waals surface area contributed by atoms with E-state index in [1.807, 2.05) is 31.2 Å². The molecular weight excluding hydrogens is 366 g/mol. The monoisotopic (exact) mass is 393 g/mol. The summed E-state index contributed by atoms with van der Waals surface area (Å²) < 4.78 is 3.30. The minimum Gasteiger partial charge on any atom is -0.354 e. The number of carbonyl (C=O) groups excluding carboxylic acids is 1. The molecule has 1 N–H and O–H groups in total. The van der Waals surface area contributed by atoms with Crippen molar-refractivity contribution in [1.82, 2.24) is 24.6 Å². The highest BCUT2D eigenvalue weighted by Crippen LogP contribution is 2.23. The van der Waals surface area contributed by atoms with Crippen molar-refractivity contribution in [3.63, 3.8) is 0 Å². The molecule has 2 heterocycles. The maximum absolute atomic E-state index is 12.8. The van der Waals surface area contributed by atoms with Gasteiger partial charge in [0.2, 0.25) is 5.91 Å². The molecule has 2 aromatic heterocycles. The van der Waals surface area contributed by atoms with Gasteiger partial charge in [0, 0.05) is 12.5 Å². The number of aryl methyl sites for hydroxylation is 1. The molecule has 0 aliphatic heterocycles. The normalized spacial score (nSPS) is 14.9. The first-order valence-corrected chi connectivity index (χ1v) is 10.4. The Labute approximate surface area is 169 Å². The summed E-state index contributed by atoms with van der Waals surface area (Å²) in [5, 5.41) is 7.83. The number of aromatic nitrogens is 4. The Kier molecular flexibility index (Phi) is 5.74. The second-order valence-corrected chi connectivity index (χ2v) is 7.84. The Bertz CT molecular complexity index is 1060. The number of benzene rings is 1. The van der Waals surface area contributed by atoms with Crippen molar-refractivity contribution < 1.29 is 4.79 Å². The molecule has 7 nitrogen and oxygen atoms in total. The van der Waals surface area contributed by atoms with Crippen LogP contribution in [-0.4, -0.2) is 31.8 Å². The number of carbonyl (C=O) groups is 1. The van der Waals surface area contributed by atoms with E-state index in [0.29, 0.717) is 30.7 Å². The van der Waals surface area contributed by atoms with Crippen LogP contribution in [-0.2, 0) is 17.9 Å². The summed E-state index contributed by atoms with van der Waals surface area (Å²) in [5.74, 6) is 0.277. The van der Waals surface area contributed by atoms with E-state index >= 15 is 0 Å². The molecular formula is C22H27N5O2. The Morgan fingerprint density at radius 3 is 2.79 bits per heavy atom. The predicted molar refractivity (Wildman–Crippen MR) is 112 cm³/mol. The van der Waals surface area contributed by atoms with E-state index in [0.717, 1.165) is 36.8 Å². The summed E-state index contributed by atoms with van der Waals surface area (Å²) in [7, 11) is 0. The SMILES string of the molecule is Cc1ccccc1Cn1cnc2c(cnn2CCNC(=O)C2CCCCC2)c1=O. The highest BCUT2D eigenvalue weighted by Gasteiger charge is 2.20. The Balaban J connectivity index is 1.44. The summed E-state index contributed by atoms with van der Waals surface area (Å²) in [6.07, 6.45) is 8.63. The first kappa shape index (κ1) is 19.4. The fourth-order valence-electron chi connectivity index (χ4n) is 4.04. The molecule has 1 aliphatic carbocycles. The molecule has 1 amide bonds. The van der Waals surface area contributed by atoms with Crippen LogP contribution in [0, 0.1) is 12.8 Å². The number of hydrogen-bond donors (Lipinski definition) is 1. The largest absolute Gasteiger partial charge is 0.354 e. The first-order valence-electron chi connectivity index (χ1n) is 10.4. The summed E-state index contributed by atoms with van der Waals surface area (Å²) in [4.78, 5) is 29.6. The lowest BCUT2D eigenvalue weighted by Gasteiger charge is -2.20. The van der Waals surface area contributed by atoms with E-state index in [1.165, 1.54) is 6.42 Å². The van der Waals surface area contributed by atoms with Gasteiger partial charge in [-0.1, -0.05) is 43.5 Å². The molecule has 152 valence electrons. The molecule has 0 saturated heterocycles. The number of nitrogens with one attached hydrogen (secondary N) is 1. The van der Waals surface area contributed by atoms with E-state index in [2.05, 4.69) is 15.4 Å². The van der Waals surface area contributed by atoms with Gasteiger partial charge in [0.25, 0.3) is 5.56 Å². The summed E-state index contributed by atoms with van der Waals surface area (Å²) in [5.41, 5.74) is 2.69. The van der Waals surface area contributed by atoms with Crippen LogP contribution in [0.5, 0.6) is 0 Å². The third-order valence-electron chi connectivity index (χ3n) is 5.82. The van der Waals surface area contributed by atoms with Gasteiger partial charge in [-0.25, -0.2) is 9.67 Å². The van der Waals surface area contributed by atoms with E-state index in [1.54, 1.807) is 21.8 Å². The van der Waals surface area contributed by atoms with Crippen LogP contribution < -0.4 is 10.9 Å². The summed E-state index contributed by atoms with van der Waals surface area (Å²) in [6.45, 7) is 3.50. The fourth-order valence-corrected chi connectivity index (χ4v) is 4.04. The van der Waals surface area contributed by atoms with Crippen molar-refractivity contribution in [2.75, 3.05) is 6.54 Å². The van der Waals surface area contributed by atoms with Crippen LogP contribution in [0.25, 0.3) is 11.0 Å². The number of fused-ring (bicyclic) bond motifs is 1. The zero-order chi connectivity index (χ0) is 20.2. The molecule has 3 aromatic rings. The van der Waals surface area contributed by atoms with Gasteiger partial charge in [-0.15, -0.1) is 0 Å². The van der Waals surface area contributed by atoms with Crippen LogP contribution in [0.2, 0.25) is 0 Å². The van der Waals surface area contributed by atoms with Crippen molar-refractivity contribution in [3.05, 3.63) is 58.3 Å². The lowest BCUT2D eigenvalue weighted by molar-refractivity contribution is -0.125. The molecule has 29 heavy (non-hydrogen) atoms. The Morgan fingerprint density at radius 1 is 1.21 bits per heavy atom. The third-order valence-corrected chi connectivity index (χ3v) is 5.82. The minimum absolute atomic E-state index is 0.101. The molecule has 0 spiro atoms. The maximum Gasteiger partial charge on any atom is 0.264 e. The molecule has 1 fully saturated rings. The predicted octanol–water partition coefficient (Wildman–Crippen LogP) is 2.65. The van der Waals surface area contributed by atoms with Gasteiger partial charge in [-0.05, 0) is 30.9 Å². The van der Waals surface area contributed by atoms with Crippen LogP contribution >= 0.6 is 0 Å². The van der Waals surface area contributed by atoms with Gasteiger partial charge in [0.1, 0.15) is 11.7 Å². The van der Waals surface area contributed by atoms with Crippen LogP contribution in [0.3, 0.4) is 0 Å². The lowest BCUT2D eigenvalue weighted by atomic mass is 9.89. The van der Waals surface area contributed by atoms with Gasteiger partial charge < -0.3 is 5.32 Å². The maximum atomic E-state index is 12.8. The van der Waals surface area contributed by atoms with Crippen LogP contribution in [0.1, 0.15) is 43.2 Å². The van der Waals surface area contributed by atoms with E-state index in [-0.39, 0.29) is 17.4 Å². The molecule has 1 aromatic carbocycles. The molecule has 0 atom stereocenters. The van der Waals surface area contributed by atoms with Crippen molar-refractivity contribution in [2.45, 2.75) is 52.1 Å². The van der Waals surface area contributed by atoms with Crippen molar-refractivity contribution in [1.29, 1.82) is 0 Å². The van der Waals surface area contributed by atoms with Crippen molar-refractivity contribution in [2.24, 2.45) is 5.92 Å². The highest BCUT2D eigenvalue weighted by molar-refractivity contribution is 5.78. The molecule has 1 saturated carbocycles. The average Bonchev–Trinajstić information content (AvgIpc) is 3.16. The van der Waals surface area contributed by atoms with E-state index < -0.39 is 0 Å². The molecule has 1 aliphatic rings. The number of amides is 1. The summed E-state index contributed by atoms with van der Waals surface area (Å²) >= 11 is 0. The van der Waals surface area contributed by atoms with Gasteiger partial charge in [0.05, 0.1) is 19.3 Å². The zero-order valence-electron chi connectivity index (χ0n) is 16.8. The van der Waals surface area contributed by atoms with Crippen molar-refractivity contribution in [3.8, 4) is 0 Å². The number of hydrogen-bond acceptors (Lipinski definition) is 4. The van der Waals surface area contributed by atoms with Crippen LogP contribution in [0.4, 0.5) is 0 Å². The van der Waals surface area contributed by atoms with E-state index in [9.17, 15) is 9.59 Å². The molecule has 4 rings (SSSR count). The fraction of sp³-hybridized carbons (Fsp3) is 0.455. The standard InChI is InChI=1S/C22H27N5O2/c1-16-7-5-6-10-18(16)14-26-15-24-20-19(22(26)29)13-25-27(20)12-11-23-21(28)17-8-3-2-4-9-17/h5-7,10,13,15,17H,2-4,8-9,11-12,14H2,1H3,(H,23,28). The Hall–Kier alpha value is -2.96. The third kappa shape index (κ3) is 4.23. The van der Waals surface area contributed by atoms with E-state index in [4.69, 9.17) is 0 Å². The molecule has 7 heteroatoms. The lowest BCUT2D eigenvalue weighted by Crippen LogP contribution is -2.34. The average molecular weight is 393 g/mol. The first-order chi connectivity index (χ1) is 14.1. The van der Waals surface area contributed by atoms with Gasteiger partial charge in [-0.2, -0.15) is 5.10 Å². The molecule has 0 unspecified atom stereocenters. The number of nitrogens with zero attached hydrogens (tertiary/aromatic N) is 4. The van der Waals surface area contributed by atoms with Gasteiger partial charge in [0.15, 0.2) is 5.65 Å². The molecule has 0 radical (unpaired) electrons. The summed E-state index contributed by atoms with van der Waals surface area (Å²) in [6, 6.07) is 8.01. The second-order valence-electron chi connectivity index (χ2n) is 7.84. The quantitative estimate of drug-likeness (QED) is 0.698. The smallest absolute Gasteiger partial charge is 0.264 e. The number of rotatable bonds is 6. The topological polar surface area (TPSA) is 81.8 Å². The Morgan fingerprint density at radius 2 is 2.00 bits per heavy atom. The van der Waals surface area contributed by atoms with Gasteiger partial charge >= 0.3 is 0 Å².